The fourth-order valence-corrected chi connectivity index (χ4v) is 3.29. The number of ether oxygens (including phenoxy) is 1. The molecule has 0 bridgehead atoms. The van der Waals surface area contributed by atoms with Crippen molar-refractivity contribution in [2.45, 2.75) is 6.04 Å². The van der Waals surface area contributed by atoms with Crippen LogP contribution in [0, 0.1) is 0 Å². The average Bonchev–Trinajstić information content (AvgIpc) is 2.71. The van der Waals surface area contributed by atoms with Gasteiger partial charge in [-0.1, -0.05) is 18.2 Å². The molecule has 2 rings (SSSR count). The quantitative estimate of drug-likeness (QED) is 0.825. The maximum absolute atomic E-state index is 12.1. The van der Waals surface area contributed by atoms with E-state index in [4.69, 9.17) is 4.74 Å². The van der Waals surface area contributed by atoms with Crippen molar-refractivity contribution in [1.29, 1.82) is 0 Å². The van der Waals surface area contributed by atoms with Crippen molar-refractivity contribution in [3.63, 3.8) is 0 Å². The Morgan fingerprint density at radius 2 is 2.05 bits per heavy atom. The smallest absolute Gasteiger partial charge is 0.253 e. The van der Waals surface area contributed by atoms with Gasteiger partial charge in [0.25, 0.3) is 5.91 Å². The van der Waals surface area contributed by atoms with Gasteiger partial charge in [-0.15, -0.1) is 0 Å². The van der Waals surface area contributed by atoms with E-state index in [2.05, 4.69) is 0 Å². The number of anilines is 1. The van der Waals surface area contributed by atoms with E-state index in [1.165, 1.54) is 18.1 Å². The van der Waals surface area contributed by atoms with Gasteiger partial charge in [-0.25, -0.2) is 8.42 Å². The van der Waals surface area contributed by atoms with Crippen LogP contribution in [0.5, 0.6) is 0 Å². The monoisotopic (exact) mass is 281 g/mol. The predicted octanol–water partition coefficient (Wildman–Crippen LogP) is 0.977. The Kier molecular flexibility index (Phi) is 4.01. The molecule has 1 aliphatic heterocycles. The number of nitrogens with zero attached hydrogens (tertiary/aromatic N) is 1. The van der Waals surface area contributed by atoms with Crippen LogP contribution in [0.2, 0.25) is 0 Å². The van der Waals surface area contributed by atoms with Gasteiger partial charge in [0.05, 0.1) is 11.8 Å². The lowest BCUT2D eigenvalue weighted by molar-refractivity contribution is -0.122. The molecule has 5 nitrogen and oxygen atoms in total. The van der Waals surface area contributed by atoms with Crippen molar-refractivity contribution in [1.82, 2.24) is 0 Å². The van der Waals surface area contributed by atoms with E-state index in [1.54, 1.807) is 24.3 Å². The summed E-state index contributed by atoms with van der Waals surface area (Å²) in [5.41, 5.74) is 0.663. The number of carbonyl (C=O) groups excluding carboxylic acids is 1. The number of hydrogen-bond donors (Lipinski definition) is 0. The van der Waals surface area contributed by atoms with Gasteiger partial charge in [0.15, 0.2) is 9.84 Å². The highest BCUT2D eigenvalue weighted by Crippen LogP contribution is 2.22. The van der Waals surface area contributed by atoms with Gasteiger partial charge < -0.3 is 9.64 Å². The molecule has 1 atom stereocenters. The number of hydrogen-bond acceptors (Lipinski definition) is 4. The highest BCUT2D eigenvalue weighted by molar-refractivity contribution is 7.94. The first-order valence-electron chi connectivity index (χ1n) is 5.80. The summed E-state index contributed by atoms with van der Waals surface area (Å²) in [4.78, 5) is 13.6. The first-order chi connectivity index (χ1) is 9.03. The number of amides is 1. The van der Waals surface area contributed by atoms with Gasteiger partial charge in [-0.2, -0.15) is 0 Å². The van der Waals surface area contributed by atoms with Crippen molar-refractivity contribution < 1.29 is 17.9 Å². The second-order valence-electron chi connectivity index (χ2n) is 4.26. The molecule has 0 aliphatic carbocycles. The first kappa shape index (κ1) is 13.8. The largest absolute Gasteiger partial charge is 0.375 e. The maximum Gasteiger partial charge on any atom is 0.253 e. The van der Waals surface area contributed by atoms with Gasteiger partial charge in [0.2, 0.25) is 0 Å². The average molecular weight is 281 g/mol. The van der Waals surface area contributed by atoms with Gasteiger partial charge >= 0.3 is 0 Å². The van der Waals surface area contributed by atoms with Crippen LogP contribution in [0.3, 0.4) is 0 Å². The van der Waals surface area contributed by atoms with Crippen LogP contribution >= 0.6 is 0 Å². The summed E-state index contributed by atoms with van der Waals surface area (Å²) in [6, 6.07) is 8.50. The standard InChI is InChI=1S/C13H15NO4S/c1-18-9-13(15)14(11-5-3-2-4-6-11)12-7-8-19(16,17)10-12/h2-8,12H,9-10H2,1H3/t12-/m0/s1. The first-order valence-corrected chi connectivity index (χ1v) is 7.52. The number of benzene rings is 1. The van der Waals surface area contributed by atoms with Gasteiger partial charge in [0.1, 0.15) is 6.61 Å². The molecule has 1 aromatic rings. The summed E-state index contributed by atoms with van der Waals surface area (Å²) >= 11 is 0. The summed E-state index contributed by atoms with van der Waals surface area (Å²) in [6.45, 7) is -0.0840. The van der Waals surface area contributed by atoms with Crippen LogP contribution in [0.15, 0.2) is 41.8 Å². The van der Waals surface area contributed by atoms with Crippen LogP contribution < -0.4 is 4.90 Å². The third-order valence-electron chi connectivity index (χ3n) is 2.81. The second-order valence-corrected chi connectivity index (χ2v) is 6.19. The Hall–Kier alpha value is -1.66. The summed E-state index contributed by atoms with van der Waals surface area (Å²) in [6.07, 6.45) is 1.54. The third kappa shape index (κ3) is 3.21. The molecule has 0 radical (unpaired) electrons. The number of rotatable bonds is 4. The lowest BCUT2D eigenvalue weighted by Crippen LogP contribution is -2.43. The van der Waals surface area contributed by atoms with Crippen molar-refractivity contribution in [2.24, 2.45) is 0 Å². The van der Waals surface area contributed by atoms with Crippen LogP contribution in [-0.4, -0.2) is 39.8 Å². The number of methoxy groups -OCH3 is 1. The summed E-state index contributed by atoms with van der Waals surface area (Å²) < 4.78 is 27.9. The fourth-order valence-electron chi connectivity index (χ4n) is 2.02. The minimum atomic E-state index is -3.21. The SMILES string of the molecule is COCC(=O)N(c1ccccc1)[C@H]1C=CS(=O)(=O)C1. The zero-order valence-corrected chi connectivity index (χ0v) is 11.3. The Morgan fingerprint density at radius 3 is 2.58 bits per heavy atom. The zero-order chi connectivity index (χ0) is 13.9. The lowest BCUT2D eigenvalue weighted by atomic mass is 10.2. The van der Waals surface area contributed by atoms with Gasteiger partial charge in [0, 0.05) is 18.2 Å². The zero-order valence-electron chi connectivity index (χ0n) is 10.5. The minimum Gasteiger partial charge on any atom is -0.375 e. The number of sulfone groups is 1. The van der Waals surface area contributed by atoms with E-state index in [9.17, 15) is 13.2 Å². The molecule has 0 aromatic heterocycles. The Labute approximate surface area is 112 Å². The molecule has 0 unspecified atom stereocenters. The molecular weight excluding hydrogens is 266 g/mol. The summed E-state index contributed by atoms with van der Waals surface area (Å²) in [5, 5.41) is 1.16. The molecule has 19 heavy (non-hydrogen) atoms. The fraction of sp³-hybridized carbons (Fsp3) is 0.308. The number of carbonyl (C=O) groups is 1. The Balaban J connectivity index is 2.31. The van der Waals surface area contributed by atoms with Crippen molar-refractivity contribution in [3.05, 3.63) is 41.8 Å². The van der Waals surface area contributed by atoms with Crippen LogP contribution in [0.1, 0.15) is 0 Å². The molecule has 1 aliphatic rings. The summed E-state index contributed by atoms with van der Waals surface area (Å²) in [5.74, 6) is -0.349. The molecule has 0 fully saturated rings. The maximum atomic E-state index is 12.1. The molecule has 1 heterocycles. The number of para-hydroxylation sites is 1. The molecular formula is C13H15NO4S. The normalized spacial score (nSPS) is 20.4. The van der Waals surface area contributed by atoms with E-state index < -0.39 is 15.9 Å². The Morgan fingerprint density at radius 1 is 1.37 bits per heavy atom. The minimum absolute atomic E-state index is 0.0840. The highest BCUT2D eigenvalue weighted by Gasteiger charge is 2.31. The van der Waals surface area contributed by atoms with E-state index in [0.717, 1.165) is 5.41 Å². The highest BCUT2D eigenvalue weighted by atomic mass is 32.2. The van der Waals surface area contributed by atoms with Crippen LogP contribution in [0.25, 0.3) is 0 Å². The molecule has 6 heteroatoms. The molecule has 0 saturated carbocycles. The Bertz CT molecular complexity index is 580. The lowest BCUT2D eigenvalue weighted by Gasteiger charge is -2.27. The second kappa shape index (κ2) is 5.54. The van der Waals surface area contributed by atoms with E-state index >= 15 is 0 Å². The van der Waals surface area contributed by atoms with E-state index in [1.807, 2.05) is 6.07 Å². The van der Waals surface area contributed by atoms with Crippen molar-refractivity contribution in [3.8, 4) is 0 Å². The molecule has 1 aromatic carbocycles. The molecule has 1 amide bonds. The van der Waals surface area contributed by atoms with Crippen molar-refractivity contribution >= 4 is 21.4 Å². The predicted molar refractivity (Wildman–Crippen MR) is 72.5 cm³/mol. The van der Waals surface area contributed by atoms with E-state index in [0.29, 0.717) is 5.69 Å². The van der Waals surface area contributed by atoms with Crippen molar-refractivity contribution in [2.75, 3.05) is 24.4 Å². The van der Waals surface area contributed by atoms with E-state index in [-0.39, 0.29) is 18.3 Å². The molecule has 0 spiro atoms. The third-order valence-corrected chi connectivity index (χ3v) is 4.19. The topological polar surface area (TPSA) is 63.7 Å². The van der Waals surface area contributed by atoms with Crippen LogP contribution in [-0.2, 0) is 19.4 Å². The molecule has 102 valence electrons. The molecule has 0 saturated heterocycles. The van der Waals surface area contributed by atoms with Gasteiger partial charge in [-0.05, 0) is 18.2 Å². The summed E-state index contributed by atoms with van der Waals surface area (Å²) in [7, 11) is -1.78. The molecule has 0 N–H and O–H groups in total. The van der Waals surface area contributed by atoms with Crippen LogP contribution in [0.4, 0.5) is 5.69 Å². The van der Waals surface area contributed by atoms with Gasteiger partial charge in [-0.3, -0.25) is 4.79 Å².